The maximum atomic E-state index is 10.5. The van der Waals surface area contributed by atoms with E-state index in [1.165, 1.54) is 0 Å². The standard InChI is InChI=1S/C9H11N5O2S2/c1-5-11-6(3-17-5)2-14-8(10)12-13-9(14)18-4-7(15)16/h3H,2,4H2,1H3,(H2,10,12)(H,15,16). The number of nitrogens with two attached hydrogens (primary N) is 1. The Morgan fingerprint density at radius 3 is 3.00 bits per heavy atom. The molecule has 0 spiro atoms. The number of hydrogen-bond donors (Lipinski definition) is 2. The van der Waals surface area contributed by atoms with Gasteiger partial charge in [0.05, 0.1) is 23.0 Å². The summed E-state index contributed by atoms with van der Waals surface area (Å²) in [5.41, 5.74) is 6.57. The van der Waals surface area contributed by atoms with Gasteiger partial charge >= 0.3 is 5.97 Å². The van der Waals surface area contributed by atoms with E-state index in [1.807, 2.05) is 12.3 Å². The van der Waals surface area contributed by atoms with Crippen LogP contribution in [0.25, 0.3) is 0 Å². The molecule has 0 atom stereocenters. The topological polar surface area (TPSA) is 107 Å². The first-order valence-electron chi connectivity index (χ1n) is 5.00. The Morgan fingerprint density at radius 1 is 1.61 bits per heavy atom. The van der Waals surface area contributed by atoms with E-state index in [0.29, 0.717) is 11.7 Å². The first kappa shape index (κ1) is 12.8. The number of nitrogens with zero attached hydrogens (tertiary/aromatic N) is 4. The lowest BCUT2D eigenvalue weighted by Crippen LogP contribution is -2.07. The minimum absolute atomic E-state index is 0.0752. The van der Waals surface area contributed by atoms with E-state index < -0.39 is 5.97 Å². The van der Waals surface area contributed by atoms with Crippen molar-refractivity contribution < 1.29 is 9.90 Å². The molecule has 3 N–H and O–H groups in total. The summed E-state index contributed by atoms with van der Waals surface area (Å²) >= 11 is 2.64. The third kappa shape index (κ3) is 2.99. The van der Waals surface area contributed by atoms with Gasteiger partial charge in [-0.1, -0.05) is 11.8 Å². The van der Waals surface area contributed by atoms with E-state index in [-0.39, 0.29) is 11.7 Å². The average Bonchev–Trinajstić information content (AvgIpc) is 2.85. The van der Waals surface area contributed by atoms with Gasteiger partial charge in [0.25, 0.3) is 0 Å². The predicted molar refractivity (Wildman–Crippen MR) is 68.7 cm³/mol. The molecule has 96 valence electrons. The van der Waals surface area contributed by atoms with Crippen molar-refractivity contribution in [3.05, 3.63) is 16.1 Å². The van der Waals surface area contributed by atoms with Crippen LogP contribution >= 0.6 is 23.1 Å². The van der Waals surface area contributed by atoms with Gasteiger partial charge in [-0.15, -0.1) is 21.5 Å². The number of hydrogen-bond acceptors (Lipinski definition) is 7. The van der Waals surface area contributed by atoms with Crippen LogP contribution in [0.5, 0.6) is 0 Å². The summed E-state index contributed by atoms with van der Waals surface area (Å²) in [6.45, 7) is 2.37. The normalized spacial score (nSPS) is 10.7. The SMILES string of the molecule is Cc1nc(Cn2c(N)nnc2SCC(=O)O)cs1. The van der Waals surface area contributed by atoms with Crippen LogP contribution in [0.1, 0.15) is 10.7 Å². The fourth-order valence-corrected chi connectivity index (χ4v) is 2.59. The predicted octanol–water partition coefficient (Wildman–Crippen LogP) is 0.850. The molecule has 2 rings (SSSR count). The van der Waals surface area contributed by atoms with Crippen molar-refractivity contribution in [1.29, 1.82) is 0 Å². The summed E-state index contributed by atoms with van der Waals surface area (Å²) in [7, 11) is 0. The van der Waals surface area contributed by atoms with Gasteiger partial charge in [-0.05, 0) is 6.92 Å². The van der Waals surface area contributed by atoms with E-state index >= 15 is 0 Å². The number of aromatic nitrogens is 4. The van der Waals surface area contributed by atoms with Crippen LogP contribution in [0.2, 0.25) is 0 Å². The number of aryl methyl sites for hydroxylation is 1. The summed E-state index contributed by atoms with van der Waals surface area (Å²) in [5.74, 6) is -0.722. The number of anilines is 1. The monoisotopic (exact) mass is 285 g/mol. The first-order chi connectivity index (χ1) is 8.56. The Kier molecular flexibility index (Phi) is 3.82. The Morgan fingerprint density at radius 2 is 2.39 bits per heavy atom. The van der Waals surface area contributed by atoms with E-state index in [4.69, 9.17) is 10.8 Å². The van der Waals surface area contributed by atoms with Gasteiger partial charge in [-0.3, -0.25) is 9.36 Å². The van der Waals surface area contributed by atoms with Crippen LogP contribution in [0.3, 0.4) is 0 Å². The van der Waals surface area contributed by atoms with Crippen LogP contribution in [0, 0.1) is 6.92 Å². The highest BCUT2D eigenvalue weighted by molar-refractivity contribution is 7.99. The average molecular weight is 285 g/mol. The Labute approximate surface area is 111 Å². The first-order valence-corrected chi connectivity index (χ1v) is 6.87. The molecule has 0 amide bonds. The van der Waals surface area contributed by atoms with Crippen LogP contribution in [-0.4, -0.2) is 36.6 Å². The van der Waals surface area contributed by atoms with Crippen molar-refractivity contribution in [3.63, 3.8) is 0 Å². The molecule has 2 aromatic rings. The summed E-state index contributed by atoms with van der Waals surface area (Å²) in [4.78, 5) is 14.9. The molecule has 2 aromatic heterocycles. The second-order valence-corrected chi connectivity index (χ2v) is 5.47. The molecule has 18 heavy (non-hydrogen) atoms. The zero-order valence-electron chi connectivity index (χ0n) is 9.53. The number of thioether (sulfide) groups is 1. The number of rotatable bonds is 5. The van der Waals surface area contributed by atoms with Crippen molar-refractivity contribution in [3.8, 4) is 0 Å². The summed E-state index contributed by atoms with van der Waals surface area (Å²) in [5, 5.41) is 19.6. The van der Waals surface area contributed by atoms with Crippen LogP contribution in [-0.2, 0) is 11.3 Å². The molecular formula is C9H11N5O2S2. The smallest absolute Gasteiger partial charge is 0.313 e. The molecule has 0 unspecified atom stereocenters. The quantitative estimate of drug-likeness (QED) is 0.784. The fraction of sp³-hybridized carbons (Fsp3) is 0.333. The summed E-state index contributed by atoms with van der Waals surface area (Å²) in [6.07, 6.45) is 0. The van der Waals surface area contributed by atoms with Crippen molar-refractivity contribution in [2.45, 2.75) is 18.6 Å². The zero-order valence-corrected chi connectivity index (χ0v) is 11.2. The molecule has 0 saturated carbocycles. The van der Waals surface area contributed by atoms with Gasteiger partial charge in [0.15, 0.2) is 5.16 Å². The Hall–Kier alpha value is -1.61. The second-order valence-electron chi connectivity index (χ2n) is 3.47. The van der Waals surface area contributed by atoms with E-state index in [1.54, 1.807) is 15.9 Å². The van der Waals surface area contributed by atoms with Gasteiger partial charge < -0.3 is 10.8 Å². The maximum absolute atomic E-state index is 10.5. The Bertz CT molecular complexity index is 565. The number of aliphatic carboxylic acids is 1. The lowest BCUT2D eigenvalue weighted by molar-refractivity contribution is -0.133. The van der Waals surface area contributed by atoms with E-state index in [2.05, 4.69) is 15.2 Å². The van der Waals surface area contributed by atoms with Crippen molar-refractivity contribution in [2.24, 2.45) is 0 Å². The molecule has 0 saturated heterocycles. The molecule has 7 nitrogen and oxygen atoms in total. The third-order valence-electron chi connectivity index (χ3n) is 2.06. The van der Waals surface area contributed by atoms with Crippen molar-refractivity contribution in [2.75, 3.05) is 11.5 Å². The lowest BCUT2D eigenvalue weighted by atomic mass is 10.5. The van der Waals surface area contributed by atoms with Crippen LogP contribution < -0.4 is 5.73 Å². The molecule has 0 fully saturated rings. The highest BCUT2D eigenvalue weighted by atomic mass is 32.2. The number of nitrogen functional groups attached to an aromatic ring is 1. The summed E-state index contributed by atoms with van der Waals surface area (Å²) < 4.78 is 1.65. The van der Waals surface area contributed by atoms with Gasteiger partial charge in [0, 0.05) is 5.38 Å². The number of carboxylic acids is 1. The molecular weight excluding hydrogens is 274 g/mol. The largest absolute Gasteiger partial charge is 0.481 e. The van der Waals surface area contributed by atoms with Crippen molar-refractivity contribution >= 4 is 35.0 Å². The summed E-state index contributed by atoms with van der Waals surface area (Å²) in [6, 6.07) is 0. The van der Waals surface area contributed by atoms with Crippen LogP contribution in [0.4, 0.5) is 5.95 Å². The van der Waals surface area contributed by atoms with Crippen LogP contribution in [0.15, 0.2) is 10.5 Å². The minimum atomic E-state index is -0.905. The van der Waals surface area contributed by atoms with Gasteiger partial charge in [-0.25, -0.2) is 4.98 Å². The minimum Gasteiger partial charge on any atom is -0.481 e. The number of carboxylic acid groups (broad SMARTS) is 1. The number of thiazole rings is 1. The van der Waals surface area contributed by atoms with Gasteiger partial charge in [0.1, 0.15) is 0 Å². The van der Waals surface area contributed by atoms with Gasteiger partial charge in [0.2, 0.25) is 5.95 Å². The second kappa shape index (κ2) is 5.36. The van der Waals surface area contributed by atoms with Gasteiger partial charge in [-0.2, -0.15) is 0 Å². The molecule has 2 heterocycles. The molecule has 0 aliphatic carbocycles. The molecule has 0 bridgehead atoms. The maximum Gasteiger partial charge on any atom is 0.313 e. The number of carbonyl (C=O) groups is 1. The molecule has 0 radical (unpaired) electrons. The fourth-order valence-electron chi connectivity index (χ4n) is 1.32. The third-order valence-corrected chi connectivity index (χ3v) is 3.83. The highest BCUT2D eigenvalue weighted by Gasteiger charge is 2.13. The highest BCUT2D eigenvalue weighted by Crippen LogP contribution is 2.20. The Balaban J connectivity index is 2.16. The van der Waals surface area contributed by atoms with E-state index in [0.717, 1.165) is 22.5 Å². The zero-order chi connectivity index (χ0) is 13.1. The van der Waals surface area contributed by atoms with E-state index in [9.17, 15) is 4.79 Å². The van der Waals surface area contributed by atoms with Crippen molar-refractivity contribution in [1.82, 2.24) is 19.7 Å². The lowest BCUT2D eigenvalue weighted by Gasteiger charge is -2.04. The molecule has 0 aromatic carbocycles. The molecule has 0 aliphatic heterocycles. The molecule has 9 heteroatoms. The molecule has 0 aliphatic rings.